The van der Waals surface area contributed by atoms with Crippen LogP contribution in [0.15, 0.2) is 48.0 Å². The summed E-state index contributed by atoms with van der Waals surface area (Å²) in [4.78, 5) is 0. The third kappa shape index (κ3) is 20.4. The number of hydrogen-bond donors (Lipinski definition) is 0. The summed E-state index contributed by atoms with van der Waals surface area (Å²) < 4.78 is 5.94. The van der Waals surface area contributed by atoms with Crippen molar-refractivity contribution in [3.05, 3.63) is 87.0 Å². The zero-order chi connectivity index (χ0) is 40.3. The van der Waals surface area contributed by atoms with Crippen molar-refractivity contribution in [3.63, 3.8) is 0 Å². The van der Waals surface area contributed by atoms with Crippen molar-refractivity contribution in [2.45, 2.75) is 195 Å². The van der Waals surface area contributed by atoms with Crippen LogP contribution in [0, 0.1) is 0 Å². The molecule has 2 aromatic carbocycles. The van der Waals surface area contributed by atoms with E-state index in [0.29, 0.717) is 18.5 Å². The van der Waals surface area contributed by atoms with Gasteiger partial charge in [0.15, 0.2) is 0 Å². The van der Waals surface area contributed by atoms with Gasteiger partial charge in [-0.1, -0.05) is 143 Å². The van der Waals surface area contributed by atoms with Crippen LogP contribution >= 0.6 is 0 Å². The Morgan fingerprint density at radius 3 is 1.07 bits per heavy atom. The quantitative estimate of drug-likeness (QED) is 0.0464. The van der Waals surface area contributed by atoms with E-state index >= 15 is 0 Å². The molecule has 1 aliphatic heterocycles. The Morgan fingerprint density at radius 2 is 0.764 bits per heavy atom. The van der Waals surface area contributed by atoms with Crippen molar-refractivity contribution >= 4 is 11.4 Å². The first-order chi connectivity index (χ1) is 26.7. The minimum absolute atomic E-state index is 0.639. The molecule has 0 spiro atoms. The van der Waals surface area contributed by atoms with Gasteiger partial charge >= 0.3 is 53.7 Å². The van der Waals surface area contributed by atoms with E-state index in [-0.39, 0.29) is 0 Å². The summed E-state index contributed by atoms with van der Waals surface area (Å²) in [6.45, 7) is 11.5. The van der Waals surface area contributed by atoms with Gasteiger partial charge in [0.25, 0.3) is 0 Å². The van der Waals surface area contributed by atoms with Crippen LogP contribution in [-0.4, -0.2) is 40.0 Å². The van der Waals surface area contributed by atoms with Crippen molar-refractivity contribution < 1.29 is 23.2 Å². The Morgan fingerprint density at radius 1 is 0.436 bits per heavy atom. The van der Waals surface area contributed by atoms with Gasteiger partial charge in [0.2, 0.25) is 11.4 Å². The molecule has 1 aliphatic rings. The monoisotopic (exact) mass is 847 g/mol. The van der Waals surface area contributed by atoms with E-state index < -0.39 is 0 Å². The Hall–Kier alpha value is -1.90. The van der Waals surface area contributed by atoms with Gasteiger partial charge in [-0.25, -0.2) is 4.70 Å². The van der Waals surface area contributed by atoms with E-state index in [0.717, 1.165) is 43.5 Å². The molecule has 314 valence electrons. The Bertz CT molecular complexity index is 1340. The van der Waals surface area contributed by atoms with E-state index in [1.165, 1.54) is 167 Å². The standard InChI is InChI=1S/C46H72N2.2C2H6N.Pd/c1-6-11-16-21-26-38-31-39(27-22-17-12-7-2)34-43(33-38)45-37-42(30-25-20-15-10-5)46(48(45)47)44-35-40(28-23-18-13-8-3)32-41(36-44)29-24-19-14-9-4;2*1-3-2;/h31-37H,6-30H2,1-5H3;2*1-2H3;/q;2*-1;+2. The summed E-state index contributed by atoms with van der Waals surface area (Å²) in [6, 6.07) is 14.5. The molecule has 2 aromatic rings. The fourth-order valence-electron chi connectivity index (χ4n) is 7.66. The zero-order valence-electron chi connectivity index (χ0n) is 37.3. The number of hydrogen-bond acceptors (Lipinski definition) is 2. The van der Waals surface area contributed by atoms with Gasteiger partial charge < -0.3 is 5.53 Å². The molecule has 4 nitrogen and oxygen atoms in total. The number of nitrogens with zero attached hydrogens (tertiary/aromatic N) is 4. The summed E-state index contributed by atoms with van der Waals surface area (Å²) in [7, 11) is 8.31. The Labute approximate surface area is 350 Å². The number of allylic oxidation sites excluding steroid dienone is 2. The van der Waals surface area contributed by atoms with Gasteiger partial charge in [0.05, 0.1) is 0 Å². The molecule has 1 heterocycles. The van der Waals surface area contributed by atoms with Crippen molar-refractivity contribution in [3.8, 4) is 0 Å². The number of benzene rings is 2. The average Bonchev–Trinajstić information content (AvgIpc) is 3.49. The van der Waals surface area contributed by atoms with Gasteiger partial charge in [0.1, 0.15) is 0 Å². The second kappa shape index (κ2) is 30.2. The molecule has 0 radical (unpaired) electrons. The molecule has 0 amide bonds. The molecule has 0 N–H and O–H groups in total. The van der Waals surface area contributed by atoms with Crippen LogP contribution in [0.2, 0.25) is 0 Å². The van der Waals surface area contributed by atoms with Gasteiger partial charge in [0, 0.05) is 22.8 Å². The average molecular weight is 848 g/mol. The van der Waals surface area contributed by atoms with Gasteiger partial charge in [-0.3, -0.25) is 0 Å². The van der Waals surface area contributed by atoms with Crippen molar-refractivity contribution in [2.24, 2.45) is 0 Å². The van der Waals surface area contributed by atoms with Crippen LogP contribution in [0.4, 0.5) is 0 Å². The predicted molar refractivity (Wildman–Crippen MR) is 239 cm³/mol. The Balaban J connectivity index is 0.00000136. The third-order valence-electron chi connectivity index (χ3n) is 10.6. The molecule has 3 rings (SSSR count). The molecule has 0 atom stereocenters. The van der Waals surface area contributed by atoms with Crippen LogP contribution in [0.3, 0.4) is 0 Å². The van der Waals surface area contributed by atoms with Gasteiger partial charge in [-0.05, 0) is 111 Å². The molecule has 0 aromatic heterocycles. The fourth-order valence-corrected chi connectivity index (χ4v) is 8.90. The van der Waals surface area contributed by atoms with E-state index in [9.17, 15) is 5.53 Å². The topological polar surface area (TPSA) is 31.8 Å². The molecule has 0 saturated carbocycles. The first-order valence-electron chi connectivity index (χ1n) is 22.8. The van der Waals surface area contributed by atoms with Gasteiger partial charge in [-0.15, -0.1) is 0 Å². The van der Waals surface area contributed by atoms with Crippen molar-refractivity contribution in [1.29, 1.82) is 0 Å². The first kappa shape index (κ1) is 49.2. The minimum atomic E-state index is 0.639. The molecule has 0 fully saturated rings. The molecule has 0 unspecified atom stereocenters. The second-order valence-corrected chi connectivity index (χ2v) is 19.5. The molecular formula is C50H84N4Pd. The summed E-state index contributed by atoms with van der Waals surface area (Å²) in [5.41, 5.74) is 23.6. The summed E-state index contributed by atoms with van der Waals surface area (Å²) >= 11 is 0.639. The molecule has 0 aliphatic carbocycles. The summed E-state index contributed by atoms with van der Waals surface area (Å²) in [5, 5.41) is 0. The van der Waals surface area contributed by atoms with E-state index in [4.69, 9.17) is 0 Å². The zero-order valence-corrected chi connectivity index (χ0v) is 38.9. The van der Waals surface area contributed by atoms with Crippen LogP contribution < -0.4 is 0 Å². The second-order valence-electron chi connectivity index (χ2n) is 16.4. The summed E-state index contributed by atoms with van der Waals surface area (Å²) in [5.74, 6) is 0. The van der Waals surface area contributed by atoms with Crippen molar-refractivity contribution in [2.75, 3.05) is 28.2 Å². The molecule has 5 heteroatoms. The normalized spacial score (nSPS) is 13.0. The fraction of sp³-hybridized carbons (Fsp3) is 0.680. The number of rotatable bonds is 29. The van der Waals surface area contributed by atoms with Crippen LogP contribution in [-0.2, 0) is 44.2 Å². The Kier molecular flexibility index (Phi) is 27.1. The van der Waals surface area contributed by atoms with E-state index in [1.54, 1.807) is 4.70 Å². The van der Waals surface area contributed by atoms with E-state index in [1.807, 2.05) is 0 Å². The van der Waals surface area contributed by atoms with E-state index in [2.05, 4.69) is 112 Å². The molecule has 0 saturated heterocycles. The third-order valence-corrected chi connectivity index (χ3v) is 11.8. The molecule has 55 heavy (non-hydrogen) atoms. The summed E-state index contributed by atoms with van der Waals surface area (Å²) in [6.07, 6.45) is 33.3. The maximum absolute atomic E-state index is 12.2. The molecular weight excluding hydrogens is 763 g/mol. The van der Waals surface area contributed by atoms with Crippen molar-refractivity contribution in [1.82, 2.24) is 7.07 Å². The van der Waals surface area contributed by atoms with Gasteiger partial charge in [-0.2, -0.15) is 0 Å². The number of aryl methyl sites for hydroxylation is 4. The van der Waals surface area contributed by atoms with Crippen LogP contribution in [0.1, 0.15) is 203 Å². The predicted octanol–water partition coefficient (Wildman–Crippen LogP) is 15.0. The van der Waals surface area contributed by atoms with Crippen LogP contribution in [0.25, 0.3) is 16.9 Å². The number of unbranched alkanes of at least 4 members (excludes halogenated alkanes) is 15. The maximum atomic E-state index is 12.2. The molecule has 0 bridgehead atoms. The van der Waals surface area contributed by atoms with Crippen LogP contribution in [0.5, 0.6) is 0 Å². The SMILES string of the molecule is CCCCCCC1=C(c2cc(CCCCCC)cc(CCCCCC)c2)[N+](=[N-])C(c2cc(CCCCCC)cc(CCCCCC)c2)=C1.C[N](C)[Pd][N](C)C. The first-order valence-corrected chi connectivity index (χ1v) is 24.2.